The van der Waals surface area contributed by atoms with Crippen LogP contribution in [0.15, 0.2) is 42.5 Å². The predicted octanol–water partition coefficient (Wildman–Crippen LogP) is 3.36. The first kappa shape index (κ1) is 25.5. The number of nitrogens with zero attached hydrogens (tertiary/aromatic N) is 2. The molecular weight excluding hydrogens is 464 g/mol. The van der Waals surface area contributed by atoms with Crippen LogP contribution in [0.1, 0.15) is 31.1 Å². The third kappa shape index (κ3) is 5.44. The average Bonchev–Trinajstić information content (AvgIpc) is 3.39. The highest BCUT2D eigenvalue weighted by Crippen LogP contribution is 2.39. The van der Waals surface area contributed by atoms with E-state index in [4.69, 9.17) is 14.2 Å². The second-order valence-corrected chi connectivity index (χ2v) is 9.04. The van der Waals surface area contributed by atoms with Gasteiger partial charge in [-0.05, 0) is 56.2 Å². The number of anilines is 2. The molecule has 1 fully saturated rings. The molecule has 2 aliphatic heterocycles. The van der Waals surface area contributed by atoms with Gasteiger partial charge in [0.2, 0.25) is 0 Å². The number of benzene rings is 2. The molecule has 2 atom stereocenters. The van der Waals surface area contributed by atoms with Crippen molar-refractivity contribution in [2.45, 2.75) is 39.1 Å². The highest BCUT2D eigenvalue weighted by molar-refractivity contribution is 6.02. The molecule has 2 heterocycles. The van der Waals surface area contributed by atoms with Crippen LogP contribution in [0.2, 0.25) is 0 Å². The van der Waals surface area contributed by atoms with E-state index in [1.165, 1.54) is 12.0 Å². The molecule has 0 radical (unpaired) electrons. The van der Waals surface area contributed by atoms with Gasteiger partial charge in [-0.3, -0.25) is 19.9 Å². The van der Waals surface area contributed by atoms with Gasteiger partial charge in [0.05, 0.1) is 50.3 Å². The van der Waals surface area contributed by atoms with Crippen LogP contribution in [-0.2, 0) is 14.2 Å². The van der Waals surface area contributed by atoms with Crippen molar-refractivity contribution in [2.24, 2.45) is 0 Å². The van der Waals surface area contributed by atoms with Gasteiger partial charge in [0, 0.05) is 12.1 Å². The lowest BCUT2D eigenvalue weighted by atomic mass is 10.00. The maximum Gasteiger partial charge on any atom is 0.414 e. The fourth-order valence-electron chi connectivity index (χ4n) is 4.33. The molecule has 36 heavy (non-hydrogen) atoms. The Morgan fingerprint density at radius 1 is 1.08 bits per heavy atom. The zero-order valence-electron chi connectivity index (χ0n) is 20.9. The van der Waals surface area contributed by atoms with Crippen LogP contribution in [-0.4, -0.2) is 69.8 Å². The first-order valence-electron chi connectivity index (χ1n) is 12.0. The Labute approximate surface area is 210 Å². The van der Waals surface area contributed by atoms with Crippen LogP contribution in [0.25, 0.3) is 11.1 Å². The largest absolute Gasteiger partial charge is 0.452 e. The molecule has 192 valence electrons. The standard InChI is InChI=1S/C26H32N4O6/c1-16(2)36-25(32)29-15-17(3)30(26(33)34-4)21-10-9-20(13-22(21)29)18-5-7-19(8-6-18)24(31)28-14-23-27-11-12-35-23/h5-10,13,16-17,23,27H,11-12,14-15H2,1-4H3,(H,28,31)/t17-,23?/m0/s1. The number of hydrogen-bond acceptors (Lipinski definition) is 7. The first-order valence-corrected chi connectivity index (χ1v) is 12.0. The molecular formula is C26H32N4O6. The highest BCUT2D eigenvalue weighted by atomic mass is 16.6. The molecule has 2 N–H and O–H groups in total. The second kappa shape index (κ2) is 11.0. The summed E-state index contributed by atoms with van der Waals surface area (Å²) in [7, 11) is 1.33. The number of amides is 3. The molecule has 0 aromatic heterocycles. The summed E-state index contributed by atoms with van der Waals surface area (Å²) in [5.41, 5.74) is 3.32. The van der Waals surface area contributed by atoms with E-state index in [2.05, 4.69) is 10.6 Å². The Hall–Kier alpha value is -3.63. The summed E-state index contributed by atoms with van der Waals surface area (Å²) in [5, 5.41) is 6.02. The smallest absolute Gasteiger partial charge is 0.414 e. The molecule has 3 amide bonds. The van der Waals surface area contributed by atoms with E-state index in [1.807, 2.05) is 31.2 Å². The summed E-state index contributed by atoms with van der Waals surface area (Å²) in [6.07, 6.45) is -1.43. The van der Waals surface area contributed by atoms with Crippen LogP contribution in [0.5, 0.6) is 0 Å². The maximum absolute atomic E-state index is 12.9. The van der Waals surface area contributed by atoms with Gasteiger partial charge in [0.1, 0.15) is 6.23 Å². The average molecular weight is 497 g/mol. The molecule has 2 aliphatic rings. The third-order valence-electron chi connectivity index (χ3n) is 6.06. The van der Waals surface area contributed by atoms with E-state index in [-0.39, 0.29) is 30.8 Å². The summed E-state index contributed by atoms with van der Waals surface area (Å²) in [5.74, 6) is -0.186. The number of hydrogen-bond donors (Lipinski definition) is 2. The van der Waals surface area contributed by atoms with Crippen molar-refractivity contribution < 1.29 is 28.6 Å². The summed E-state index contributed by atoms with van der Waals surface area (Å²) < 4.78 is 15.9. The van der Waals surface area contributed by atoms with Gasteiger partial charge in [0.25, 0.3) is 5.91 Å². The van der Waals surface area contributed by atoms with Crippen LogP contribution >= 0.6 is 0 Å². The topological polar surface area (TPSA) is 109 Å². The van der Waals surface area contributed by atoms with Crippen LogP contribution in [0.4, 0.5) is 21.0 Å². The van der Waals surface area contributed by atoms with E-state index in [0.29, 0.717) is 30.1 Å². The molecule has 0 aliphatic carbocycles. The van der Waals surface area contributed by atoms with Crippen LogP contribution in [0.3, 0.4) is 0 Å². The molecule has 0 saturated carbocycles. The van der Waals surface area contributed by atoms with Gasteiger partial charge >= 0.3 is 12.2 Å². The van der Waals surface area contributed by atoms with Crippen molar-refractivity contribution in [1.82, 2.24) is 10.6 Å². The summed E-state index contributed by atoms with van der Waals surface area (Å²) in [4.78, 5) is 41.0. The van der Waals surface area contributed by atoms with E-state index in [1.54, 1.807) is 36.9 Å². The fourth-order valence-corrected chi connectivity index (χ4v) is 4.33. The van der Waals surface area contributed by atoms with Crippen LogP contribution in [0, 0.1) is 0 Å². The molecule has 10 heteroatoms. The van der Waals surface area contributed by atoms with E-state index in [0.717, 1.165) is 17.7 Å². The maximum atomic E-state index is 12.9. The minimum absolute atomic E-state index is 0.165. The number of ether oxygens (including phenoxy) is 3. The van der Waals surface area contributed by atoms with Crippen molar-refractivity contribution in [3.63, 3.8) is 0 Å². The SMILES string of the molecule is COC(=O)N1c2ccc(-c3ccc(C(=O)NCC4NCCO4)cc3)cc2N(C(=O)OC(C)C)C[C@@H]1C. The lowest BCUT2D eigenvalue weighted by molar-refractivity contribution is 0.0824. The Morgan fingerprint density at radius 3 is 2.44 bits per heavy atom. The number of fused-ring (bicyclic) bond motifs is 1. The lowest BCUT2D eigenvalue weighted by Crippen LogP contribution is -2.52. The Balaban J connectivity index is 1.59. The fraction of sp³-hybridized carbons (Fsp3) is 0.423. The number of rotatable bonds is 5. The van der Waals surface area contributed by atoms with Gasteiger partial charge in [-0.15, -0.1) is 0 Å². The first-order chi connectivity index (χ1) is 17.3. The second-order valence-electron chi connectivity index (χ2n) is 9.04. The van der Waals surface area contributed by atoms with Crippen molar-refractivity contribution in [3.8, 4) is 11.1 Å². The number of carbonyl (C=O) groups is 3. The van der Waals surface area contributed by atoms with E-state index < -0.39 is 12.2 Å². The summed E-state index contributed by atoms with van der Waals surface area (Å²) in [6.45, 7) is 7.50. The summed E-state index contributed by atoms with van der Waals surface area (Å²) >= 11 is 0. The number of carbonyl (C=O) groups excluding carboxylic acids is 3. The monoisotopic (exact) mass is 496 g/mol. The van der Waals surface area contributed by atoms with Gasteiger partial charge in [-0.2, -0.15) is 0 Å². The zero-order chi connectivity index (χ0) is 25.8. The Kier molecular flexibility index (Phi) is 7.76. The van der Waals surface area contributed by atoms with Crippen molar-refractivity contribution >= 4 is 29.5 Å². The quantitative estimate of drug-likeness (QED) is 0.653. The molecule has 2 aromatic carbocycles. The Morgan fingerprint density at radius 2 is 1.81 bits per heavy atom. The van der Waals surface area contributed by atoms with E-state index in [9.17, 15) is 14.4 Å². The minimum Gasteiger partial charge on any atom is -0.452 e. The number of nitrogens with one attached hydrogen (secondary N) is 2. The molecule has 0 bridgehead atoms. The molecule has 4 rings (SSSR count). The summed E-state index contributed by atoms with van der Waals surface area (Å²) in [6, 6.07) is 12.4. The predicted molar refractivity (Wildman–Crippen MR) is 135 cm³/mol. The van der Waals surface area contributed by atoms with E-state index >= 15 is 0 Å². The Bertz CT molecular complexity index is 1110. The highest BCUT2D eigenvalue weighted by Gasteiger charge is 2.36. The van der Waals surface area contributed by atoms with Gasteiger partial charge in [-0.1, -0.05) is 18.2 Å². The van der Waals surface area contributed by atoms with Crippen molar-refractivity contribution in [1.29, 1.82) is 0 Å². The van der Waals surface area contributed by atoms with Crippen molar-refractivity contribution in [3.05, 3.63) is 48.0 Å². The molecule has 1 saturated heterocycles. The minimum atomic E-state index is -0.498. The lowest BCUT2D eigenvalue weighted by Gasteiger charge is -2.40. The van der Waals surface area contributed by atoms with Crippen molar-refractivity contribution in [2.75, 3.05) is 43.2 Å². The third-order valence-corrected chi connectivity index (χ3v) is 6.06. The zero-order valence-corrected chi connectivity index (χ0v) is 20.9. The molecule has 10 nitrogen and oxygen atoms in total. The van der Waals surface area contributed by atoms with Gasteiger partial charge < -0.3 is 19.5 Å². The van der Waals surface area contributed by atoms with Gasteiger partial charge in [0.15, 0.2) is 0 Å². The number of methoxy groups -OCH3 is 1. The normalized spacial score (nSPS) is 19.1. The molecule has 0 spiro atoms. The molecule has 1 unspecified atom stereocenters. The molecule has 2 aromatic rings. The van der Waals surface area contributed by atoms with Crippen LogP contribution < -0.4 is 20.4 Å². The van der Waals surface area contributed by atoms with Gasteiger partial charge in [-0.25, -0.2) is 9.59 Å².